The van der Waals surface area contributed by atoms with Gasteiger partial charge in [-0.1, -0.05) is 18.5 Å². The number of nitrogens with two attached hydrogens (primary N) is 1. The van der Waals surface area contributed by atoms with E-state index in [4.69, 9.17) is 22.1 Å². The van der Waals surface area contributed by atoms with Crippen molar-refractivity contribution in [3.8, 4) is 5.75 Å². The number of benzene rings is 1. The van der Waals surface area contributed by atoms with E-state index in [0.29, 0.717) is 17.3 Å². The first kappa shape index (κ1) is 9.20. The number of hydrogen-bond donors (Lipinski definition) is 1. The molecule has 1 aromatic rings. The Bertz CT molecular complexity index is 263. The summed E-state index contributed by atoms with van der Waals surface area (Å²) in [6, 6.07) is 5.29. The fourth-order valence-corrected chi connectivity index (χ4v) is 0.988. The molecule has 0 fully saturated rings. The zero-order chi connectivity index (χ0) is 8.97. The van der Waals surface area contributed by atoms with Gasteiger partial charge in [0, 0.05) is 6.07 Å². The lowest BCUT2D eigenvalue weighted by Crippen LogP contribution is -1.95. The molecule has 0 bridgehead atoms. The van der Waals surface area contributed by atoms with Crippen molar-refractivity contribution in [3.63, 3.8) is 0 Å². The highest BCUT2D eigenvalue weighted by atomic mass is 35.5. The van der Waals surface area contributed by atoms with Crippen LogP contribution in [0.1, 0.15) is 13.3 Å². The number of hydrogen-bond acceptors (Lipinski definition) is 2. The van der Waals surface area contributed by atoms with E-state index in [-0.39, 0.29) is 0 Å². The van der Waals surface area contributed by atoms with E-state index in [1.165, 1.54) is 0 Å². The molecular formula is C9H12ClNO. The summed E-state index contributed by atoms with van der Waals surface area (Å²) in [5.41, 5.74) is 6.11. The molecule has 0 atom stereocenters. The molecule has 0 saturated carbocycles. The minimum atomic E-state index is 0.545. The summed E-state index contributed by atoms with van der Waals surface area (Å²) >= 11 is 5.79. The van der Waals surface area contributed by atoms with Crippen molar-refractivity contribution in [2.45, 2.75) is 13.3 Å². The third kappa shape index (κ3) is 2.31. The van der Waals surface area contributed by atoms with E-state index < -0.39 is 0 Å². The lowest BCUT2D eigenvalue weighted by molar-refractivity contribution is 0.317. The molecule has 0 aliphatic carbocycles. The molecule has 0 aromatic heterocycles. The first-order valence-corrected chi connectivity index (χ1v) is 4.29. The van der Waals surface area contributed by atoms with Crippen LogP contribution >= 0.6 is 11.6 Å². The summed E-state index contributed by atoms with van der Waals surface area (Å²) in [4.78, 5) is 0. The quantitative estimate of drug-likeness (QED) is 0.735. The third-order valence-corrected chi connectivity index (χ3v) is 1.77. The minimum Gasteiger partial charge on any atom is -0.494 e. The van der Waals surface area contributed by atoms with Crippen molar-refractivity contribution >= 4 is 17.3 Å². The Hall–Kier alpha value is -0.890. The number of rotatable bonds is 3. The predicted octanol–water partition coefficient (Wildman–Crippen LogP) is 2.71. The maximum Gasteiger partial charge on any atom is 0.120 e. The van der Waals surface area contributed by atoms with Gasteiger partial charge in [0.2, 0.25) is 0 Å². The molecule has 1 rings (SSSR count). The Morgan fingerprint density at radius 1 is 1.50 bits per heavy atom. The van der Waals surface area contributed by atoms with Gasteiger partial charge in [-0.2, -0.15) is 0 Å². The molecular weight excluding hydrogens is 174 g/mol. The van der Waals surface area contributed by atoms with Crippen LogP contribution in [0.25, 0.3) is 0 Å². The molecule has 0 aliphatic rings. The molecule has 0 aliphatic heterocycles. The maximum atomic E-state index is 5.79. The Morgan fingerprint density at radius 2 is 2.25 bits per heavy atom. The molecule has 66 valence electrons. The van der Waals surface area contributed by atoms with Crippen molar-refractivity contribution < 1.29 is 4.74 Å². The van der Waals surface area contributed by atoms with Gasteiger partial charge in [0.1, 0.15) is 5.75 Å². The monoisotopic (exact) mass is 185 g/mol. The first-order valence-electron chi connectivity index (χ1n) is 3.92. The van der Waals surface area contributed by atoms with Crippen LogP contribution in [0.5, 0.6) is 5.75 Å². The Morgan fingerprint density at radius 3 is 2.83 bits per heavy atom. The van der Waals surface area contributed by atoms with Crippen LogP contribution in [0, 0.1) is 0 Å². The molecule has 12 heavy (non-hydrogen) atoms. The van der Waals surface area contributed by atoms with E-state index in [0.717, 1.165) is 12.2 Å². The van der Waals surface area contributed by atoms with Crippen LogP contribution in [0.2, 0.25) is 5.02 Å². The average molecular weight is 186 g/mol. The zero-order valence-corrected chi connectivity index (χ0v) is 7.77. The largest absolute Gasteiger partial charge is 0.494 e. The highest BCUT2D eigenvalue weighted by Crippen LogP contribution is 2.23. The topological polar surface area (TPSA) is 35.2 Å². The van der Waals surface area contributed by atoms with Crippen LogP contribution in [-0.4, -0.2) is 6.61 Å². The normalized spacial score (nSPS) is 9.83. The molecule has 2 nitrogen and oxygen atoms in total. The minimum absolute atomic E-state index is 0.545. The second-order valence-electron chi connectivity index (χ2n) is 2.53. The fraction of sp³-hybridized carbons (Fsp3) is 0.333. The van der Waals surface area contributed by atoms with Crippen molar-refractivity contribution in [3.05, 3.63) is 23.2 Å². The summed E-state index contributed by atoms with van der Waals surface area (Å²) in [6.45, 7) is 2.76. The Balaban J connectivity index is 2.69. The van der Waals surface area contributed by atoms with Gasteiger partial charge >= 0.3 is 0 Å². The summed E-state index contributed by atoms with van der Waals surface area (Å²) < 4.78 is 5.35. The van der Waals surface area contributed by atoms with Crippen LogP contribution < -0.4 is 10.5 Å². The summed E-state index contributed by atoms with van der Waals surface area (Å²) in [7, 11) is 0. The van der Waals surface area contributed by atoms with E-state index in [9.17, 15) is 0 Å². The predicted molar refractivity (Wildman–Crippen MR) is 51.7 cm³/mol. The molecule has 2 N–H and O–H groups in total. The molecule has 0 heterocycles. The standard InChI is InChI=1S/C9H12ClNO/c1-2-5-12-7-3-4-9(11)8(10)6-7/h3-4,6H,2,5,11H2,1H3. The van der Waals surface area contributed by atoms with Crippen molar-refractivity contribution in [1.82, 2.24) is 0 Å². The SMILES string of the molecule is CCCOc1ccc(N)c(Cl)c1. The maximum absolute atomic E-state index is 5.79. The number of nitrogen functional groups attached to an aromatic ring is 1. The van der Waals surface area contributed by atoms with Gasteiger partial charge in [-0.15, -0.1) is 0 Å². The fourth-order valence-electron chi connectivity index (χ4n) is 0.818. The number of halogens is 1. The van der Waals surface area contributed by atoms with E-state index >= 15 is 0 Å². The van der Waals surface area contributed by atoms with Crippen LogP contribution in [0.3, 0.4) is 0 Å². The Labute approximate surface area is 77.3 Å². The molecule has 3 heteroatoms. The second-order valence-corrected chi connectivity index (χ2v) is 2.94. The number of ether oxygens (including phenoxy) is 1. The number of anilines is 1. The van der Waals surface area contributed by atoms with Gasteiger partial charge in [-0.3, -0.25) is 0 Å². The molecule has 0 unspecified atom stereocenters. The van der Waals surface area contributed by atoms with Gasteiger partial charge < -0.3 is 10.5 Å². The summed E-state index contributed by atoms with van der Waals surface area (Å²) in [5, 5.41) is 0.545. The van der Waals surface area contributed by atoms with Crippen molar-refractivity contribution in [2.75, 3.05) is 12.3 Å². The van der Waals surface area contributed by atoms with E-state index in [1.54, 1.807) is 12.1 Å². The first-order chi connectivity index (χ1) is 5.74. The van der Waals surface area contributed by atoms with Gasteiger partial charge in [0.05, 0.1) is 17.3 Å². The zero-order valence-electron chi connectivity index (χ0n) is 7.01. The highest BCUT2D eigenvalue weighted by Gasteiger charge is 1.97. The van der Waals surface area contributed by atoms with Gasteiger partial charge in [0.25, 0.3) is 0 Å². The Kier molecular flexibility index (Phi) is 3.23. The van der Waals surface area contributed by atoms with Gasteiger partial charge in [-0.25, -0.2) is 0 Å². The summed E-state index contributed by atoms with van der Waals surface area (Å²) in [5.74, 6) is 0.774. The lowest BCUT2D eigenvalue weighted by atomic mass is 10.3. The summed E-state index contributed by atoms with van der Waals surface area (Å²) in [6.07, 6.45) is 0.988. The molecule has 0 spiro atoms. The van der Waals surface area contributed by atoms with Crippen LogP contribution in [-0.2, 0) is 0 Å². The van der Waals surface area contributed by atoms with E-state index in [2.05, 4.69) is 6.92 Å². The highest BCUT2D eigenvalue weighted by molar-refractivity contribution is 6.33. The van der Waals surface area contributed by atoms with Crippen LogP contribution in [0.15, 0.2) is 18.2 Å². The molecule has 0 amide bonds. The van der Waals surface area contributed by atoms with E-state index in [1.807, 2.05) is 6.07 Å². The lowest BCUT2D eigenvalue weighted by Gasteiger charge is -2.05. The van der Waals surface area contributed by atoms with Gasteiger partial charge in [-0.05, 0) is 18.6 Å². The molecule has 0 radical (unpaired) electrons. The molecule has 1 aromatic carbocycles. The average Bonchev–Trinajstić information content (AvgIpc) is 2.07. The van der Waals surface area contributed by atoms with Crippen molar-refractivity contribution in [1.29, 1.82) is 0 Å². The van der Waals surface area contributed by atoms with Gasteiger partial charge in [0.15, 0.2) is 0 Å². The second kappa shape index (κ2) is 4.21. The van der Waals surface area contributed by atoms with Crippen molar-refractivity contribution in [2.24, 2.45) is 0 Å². The molecule has 0 saturated heterocycles. The smallest absolute Gasteiger partial charge is 0.120 e. The third-order valence-electron chi connectivity index (χ3n) is 1.44. The van der Waals surface area contributed by atoms with Crippen LogP contribution in [0.4, 0.5) is 5.69 Å².